The van der Waals surface area contributed by atoms with Crippen molar-refractivity contribution in [3.8, 4) is 17.2 Å². The number of thiazole rings is 1. The van der Waals surface area contributed by atoms with Gasteiger partial charge in [0.1, 0.15) is 11.8 Å². The summed E-state index contributed by atoms with van der Waals surface area (Å²) < 4.78 is 24.1. The van der Waals surface area contributed by atoms with Gasteiger partial charge in [0.05, 0.1) is 29.5 Å². The van der Waals surface area contributed by atoms with Gasteiger partial charge in [0.2, 0.25) is 6.79 Å². The number of fused-ring (bicyclic) bond motifs is 2. The van der Waals surface area contributed by atoms with Crippen LogP contribution in [0.4, 0.5) is 0 Å². The second-order valence-electron chi connectivity index (χ2n) is 8.79. The topological polar surface area (TPSA) is 88.4 Å². The maximum Gasteiger partial charge on any atom is 0.338 e. The Labute approximate surface area is 227 Å². The Balaban J connectivity index is 1.64. The van der Waals surface area contributed by atoms with Gasteiger partial charge in [-0.05, 0) is 36.8 Å². The number of hydrogen-bond acceptors (Lipinski definition) is 8. The number of benzene rings is 3. The largest absolute Gasteiger partial charge is 0.496 e. The number of esters is 1. The molecule has 0 N–H and O–H groups in total. The predicted octanol–water partition coefficient (Wildman–Crippen LogP) is 3.67. The summed E-state index contributed by atoms with van der Waals surface area (Å²) in [5, 5.41) is 0. The highest BCUT2D eigenvalue weighted by molar-refractivity contribution is 7.07. The Morgan fingerprint density at radius 1 is 1.08 bits per heavy atom. The number of carbonyl (C=O) groups excluding carboxylic acids is 1. The standard InChI is InChI=1S/C30H24N2O6S/c1-3-36-29(34)25-26(19-9-5-4-6-10-19)31-30-32(27(25)20-11-7-8-12-21(20)35-2)28(33)24(39-30)16-18-13-14-22-23(15-18)38-17-37-22/h4-16,27H,3,17H2,1-2H3/b24-16-/t27-/m1/s1. The molecule has 0 radical (unpaired) electrons. The van der Waals surface area contributed by atoms with Crippen LogP contribution in [0.15, 0.2) is 88.2 Å². The monoisotopic (exact) mass is 540 g/mol. The quantitative estimate of drug-likeness (QED) is 0.347. The molecule has 3 aromatic carbocycles. The third-order valence-electron chi connectivity index (χ3n) is 6.50. The van der Waals surface area contributed by atoms with Crippen LogP contribution in [-0.4, -0.2) is 31.0 Å². The minimum Gasteiger partial charge on any atom is -0.496 e. The molecule has 0 spiro atoms. The highest BCUT2D eigenvalue weighted by atomic mass is 32.1. The number of nitrogens with zero attached hydrogens (tertiary/aromatic N) is 2. The summed E-state index contributed by atoms with van der Waals surface area (Å²) in [5.41, 5.74) is 2.64. The summed E-state index contributed by atoms with van der Waals surface area (Å²) in [6, 6.07) is 21.5. The molecule has 0 amide bonds. The minimum absolute atomic E-state index is 0.165. The number of ether oxygens (including phenoxy) is 4. The molecular formula is C30H24N2O6S. The summed E-state index contributed by atoms with van der Waals surface area (Å²) in [6.07, 6.45) is 1.79. The van der Waals surface area contributed by atoms with Gasteiger partial charge < -0.3 is 18.9 Å². The van der Waals surface area contributed by atoms with E-state index in [-0.39, 0.29) is 24.5 Å². The van der Waals surface area contributed by atoms with Crippen molar-refractivity contribution in [3.05, 3.63) is 115 Å². The first-order valence-corrected chi connectivity index (χ1v) is 13.2. The number of carbonyl (C=O) groups is 1. The van der Waals surface area contributed by atoms with Crippen molar-refractivity contribution in [1.82, 2.24) is 4.57 Å². The number of methoxy groups -OCH3 is 1. The molecule has 1 aromatic heterocycles. The highest BCUT2D eigenvalue weighted by Crippen LogP contribution is 2.38. The Morgan fingerprint density at radius 2 is 1.85 bits per heavy atom. The summed E-state index contributed by atoms with van der Waals surface area (Å²) in [4.78, 5) is 32.9. The van der Waals surface area contributed by atoms with Crippen LogP contribution in [0.5, 0.6) is 17.2 Å². The van der Waals surface area contributed by atoms with Crippen LogP contribution in [0, 0.1) is 0 Å². The van der Waals surface area contributed by atoms with Crippen LogP contribution in [-0.2, 0) is 9.53 Å². The molecule has 2 aliphatic rings. The molecule has 0 bridgehead atoms. The van der Waals surface area contributed by atoms with Crippen LogP contribution >= 0.6 is 11.3 Å². The third-order valence-corrected chi connectivity index (χ3v) is 7.48. The van der Waals surface area contributed by atoms with Crippen LogP contribution in [0.3, 0.4) is 0 Å². The van der Waals surface area contributed by atoms with Crippen molar-refractivity contribution in [2.24, 2.45) is 4.99 Å². The van der Waals surface area contributed by atoms with E-state index >= 15 is 0 Å². The average molecular weight is 541 g/mol. The molecule has 0 aliphatic carbocycles. The number of hydrogen-bond donors (Lipinski definition) is 0. The molecule has 0 saturated carbocycles. The van der Waals surface area contributed by atoms with Gasteiger partial charge in [0.25, 0.3) is 5.56 Å². The van der Waals surface area contributed by atoms with Gasteiger partial charge in [0.15, 0.2) is 16.3 Å². The van der Waals surface area contributed by atoms with E-state index in [4.69, 9.17) is 23.9 Å². The lowest BCUT2D eigenvalue weighted by Gasteiger charge is -2.27. The maximum absolute atomic E-state index is 14.0. The van der Waals surface area contributed by atoms with E-state index in [2.05, 4.69) is 0 Å². The first-order chi connectivity index (χ1) is 19.1. The van der Waals surface area contributed by atoms with E-state index < -0.39 is 12.0 Å². The summed E-state index contributed by atoms with van der Waals surface area (Å²) in [6.45, 7) is 2.09. The van der Waals surface area contributed by atoms with Crippen molar-refractivity contribution >= 4 is 29.1 Å². The molecule has 8 nitrogen and oxygen atoms in total. The molecule has 1 atom stereocenters. The lowest BCUT2D eigenvalue weighted by Crippen LogP contribution is -2.40. The van der Waals surface area contributed by atoms with Crippen LogP contribution in [0.25, 0.3) is 11.8 Å². The maximum atomic E-state index is 14.0. The predicted molar refractivity (Wildman–Crippen MR) is 147 cm³/mol. The molecule has 0 saturated heterocycles. The van der Waals surface area contributed by atoms with Gasteiger partial charge in [0, 0.05) is 11.1 Å². The van der Waals surface area contributed by atoms with Crippen molar-refractivity contribution in [1.29, 1.82) is 0 Å². The van der Waals surface area contributed by atoms with Crippen molar-refractivity contribution < 1.29 is 23.7 Å². The van der Waals surface area contributed by atoms with Gasteiger partial charge in [-0.25, -0.2) is 9.79 Å². The number of aromatic nitrogens is 1. The second-order valence-corrected chi connectivity index (χ2v) is 9.80. The smallest absolute Gasteiger partial charge is 0.338 e. The van der Waals surface area contributed by atoms with Crippen LogP contribution in [0.2, 0.25) is 0 Å². The van der Waals surface area contributed by atoms with Gasteiger partial charge in [-0.3, -0.25) is 9.36 Å². The minimum atomic E-state index is -0.814. The van der Waals surface area contributed by atoms with Crippen LogP contribution < -0.4 is 29.1 Å². The molecule has 4 aromatic rings. The first-order valence-electron chi connectivity index (χ1n) is 12.4. The van der Waals surface area contributed by atoms with Gasteiger partial charge >= 0.3 is 5.97 Å². The average Bonchev–Trinajstić information content (AvgIpc) is 3.56. The zero-order valence-electron chi connectivity index (χ0n) is 21.2. The summed E-state index contributed by atoms with van der Waals surface area (Å²) in [5.74, 6) is 1.29. The Hall–Kier alpha value is -4.63. The molecular weight excluding hydrogens is 516 g/mol. The molecule has 39 heavy (non-hydrogen) atoms. The van der Waals surface area contributed by atoms with E-state index in [0.29, 0.717) is 37.8 Å². The van der Waals surface area contributed by atoms with E-state index in [0.717, 1.165) is 11.1 Å². The Morgan fingerprint density at radius 3 is 2.64 bits per heavy atom. The number of rotatable bonds is 6. The van der Waals surface area contributed by atoms with Crippen molar-refractivity contribution in [3.63, 3.8) is 0 Å². The molecule has 2 aliphatic heterocycles. The SMILES string of the molecule is CCOC(=O)C1=C(c2ccccc2)N=c2s/c(=C\c3ccc4c(c3)OCO4)c(=O)n2[C@@H]1c1ccccc1OC. The summed E-state index contributed by atoms with van der Waals surface area (Å²) >= 11 is 1.26. The molecule has 196 valence electrons. The van der Waals surface area contributed by atoms with Gasteiger partial charge in [-0.1, -0.05) is 65.9 Å². The van der Waals surface area contributed by atoms with E-state index in [1.165, 1.54) is 11.3 Å². The molecule has 0 fully saturated rings. The Kier molecular flexibility index (Phi) is 6.50. The normalized spacial score (nSPS) is 16.1. The van der Waals surface area contributed by atoms with Gasteiger partial charge in [-0.15, -0.1) is 0 Å². The lowest BCUT2D eigenvalue weighted by atomic mass is 9.92. The van der Waals surface area contributed by atoms with Crippen LogP contribution in [0.1, 0.15) is 29.7 Å². The molecule has 0 unspecified atom stereocenters. The number of para-hydroxylation sites is 1. The summed E-state index contributed by atoms with van der Waals surface area (Å²) in [7, 11) is 1.56. The zero-order valence-corrected chi connectivity index (χ0v) is 22.1. The van der Waals surface area contributed by atoms with E-state index in [1.807, 2.05) is 72.8 Å². The van der Waals surface area contributed by atoms with Crippen molar-refractivity contribution in [2.45, 2.75) is 13.0 Å². The molecule has 3 heterocycles. The fourth-order valence-corrected chi connectivity index (χ4v) is 5.78. The van der Waals surface area contributed by atoms with Gasteiger partial charge in [-0.2, -0.15) is 0 Å². The highest BCUT2D eigenvalue weighted by Gasteiger charge is 2.36. The fraction of sp³-hybridized carbons (Fsp3) is 0.167. The third kappa shape index (κ3) is 4.40. The molecule has 9 heteroatoms. The lowest BCUT2D eigenvalue weighted by molar-refractivity contribution is -0.138. The fourth-order valence-electron chi connectivity index (χ4n) is 4.78. The van der Waals surface area contributed by atoms with E-state index in [9.17, 15) is 9.59 Å². The zero-order chi connectivity index (χ0) is 26.9. The van der Waals surface area contributed by atoms with E-state index in [1.54, 1.807) is 24.7 Å². The Bertz CT molecular complexity index is 1790. The second kappa shape index (κ2) is 10.3. The molecule has 6 rings (SSSR count). The first kappa shape index (κ1) is 24.7. The van der Waals surface area contributed by atoms with Crippen molar-refractivity contribution in [2.75, 3.05) is 20.5 Å².